The van der Waals surface area contributed by atoms with Crippen molar-refractivity contribution in [1.82, 2.24) is 15.4 Å². The van der Waals surface area contributed by atoms with Crippen LogP contribution in [-0.2, 0) is 6.42 Å². The molecule has 0 bridgehead atoms. The molecule has 0 spiro atoms. The summed E-state index contributed by atoms with van der Waals surface area (Å²) >= 11 is 5.84. The van der Waals surface area contributed by atoms with Crippen LogP contribution in [0.25, 0.3) is 0 Å². The summed E-state index contributed by atoms with van der Waals surface area (Å²) in [7, 11) is 0. The van der Waals surface area contributed by atoms with Crippen LogP contribution in [0.15, 0.2) is 60.9 Å². The van der Waals surface area contributed by atoms with E-state index in [1.54, 1.807) is 24.3 Å². The molecule has 1 aliphatic rings. The minimum Gasteiger partial charge on any atom is -0.351 e. The summed E-state index contributed by atoms with van der Waals surface area (Å²) in [5.74, 6) is 0.221. The van der Waals surface area contributed by atoms with Gasteiger partial charge < -0.3 is 4.90 Å². The zero-order chi connectivity index (χ0) is 23.2. The molecule has 1 fully saturated rings. The van der Waals surface area contributed by atoms with Gasteiger partial charge in [0.25, 0.3) is 5.91 Å². The Kier molecular flexibility index (Phi) is 6.99. The quantitative estimate of drug-likeness (QED) is 0.395. The van der Waals surface area contributed by atoms with Gasteiger partial charge in [-0.1, -0.05) is 41.9 Å². The van der Waals surface area contributed by atoms with Crippen molar-refractivity contribution in [2.45, 2.75) is 19.3 Å². The zero-order valence-corrected chi connectivity index (χ0v) is 18.5. The molecule has 0 saturated carbocycles. The van der Waals surface area contributed by atoms with Crippen LogP contribution < -0.4 is 15.8 Å². The van der Waals surface area contributed by atoms with Gasteiger partial charge in [-0.15, -0.1) is 0 Å². The van der Waals surface area contributed by atoms with E-state index in [4.69, 9.17) is 11.6 Å². The van der Waals surface area contributed by atoms with Gasteiger partial charge in [0.15, 0.2) is 0 Å². The molecule has 33 heavy (non-hydrogen) atoms. The van der Waals surface area contributed by atoms with Crippen LogP contribution in [0.4, 0.5) is 17.3 Å². The Hall–Kier alpha value is -3.72. The Bertz CT molecular complexity index is 1120. The summed E-state index contributed by atoms with van der Waals surface area (Å²) in [6.07, 6.45) is 4.07. The fraction of sp³-hybridized carbons (Fsp3) is 0.261. The first kappa shape index (κ1) is 22.5. The van der Waals surface area contributed by atoms with E-state index in [-0.39, 0.29) is 17.3 Å². The second kappa shape index (κ2) is 10.3. The number of carbonyl (C=O) groups excluding carboxylic acids is 1. The molecule has 10 heteroatoms. The van der Waals surface area contributed by atoms with E-state index in [2.05, 4.69) is 33.0 Å². The van der Waals surface area contributed by atoms with Gasteiger partial charge in [0, 0.05) is 23.7 Å². The van der Waals surface area contributed by atoms with Gasteiger partial charge in [0.2, 0.25) is 11.6 Å². The molecule has 1 aliphatic heterocycles. The predicted molar refractivity (Wildman–Crippen MR) is 126 cm³/mol. The van der Waals surface area contributed by atoms with Gasteiger partial charge >= 0.3 is 5.69 Å². The van der Waals surface area contributed by atoms with Crippen molar-refractivity contribution in [3.63, 3.8) is 0 Å². The molecular weight excluding hydrogens is 444 g/mol. The number of hydrazine groups is 1. The summed E-state index contributed by atoms with van der Waals surface area (Å²) in [6.45, 7) is 1.32. The Morgan fingerprint density at radius 3 is 2.45 bits per heavy atom. The summed E-state index contributed by atoms with van der Waals surface area (Å²) in [5, 5.41) is 12.4. The number of halogens is 1. The number of piperidine rings is 1. The molecule has 1 amide bonds. The number of hydrogen-bond donors (Lipinski definition) is 2. The van der Waals surface area contributed by atoms with E-state index >= 15 is 0 Å². The van der Waals surface area contributed by atoms with Gasteiger partial charge in [-0.25, -0.2) is 9.97 Å². The van der Waals surface area contributed by atoms with Crippen molar-refractivity contribution in [3.8, 4) is 0 Å². The first-order valence-corrected chi connectivity index (χ1v) is 11.0. The Balaban J connectivity index is 1.43. The third-order valence-electron chi connectivity index (χ3n) is 5.67. The second-order valence-electron chi connectivity index (χ2n) is 7.86. The average Bonchev–Trinajstić information content (AvgIpc) is 2.84. The lowest BCUT2D eigenvalue weighted by molar-refractivity contribution is -0.383. The first-order valence-electron chi connectivity index (χ1n) is 10.6. The topological polar surface area (TPSA) is 113 Å². The SMILES string of the molecule is O=C(NNc1ncnc(N2CCC(Cc3ccccc3)CC2)c1[N+](=O)[O-])c1ccc(Cl)cc1. The molecule has 2 aromatic carbocycles. The number of nitrogens with zero attached hydrogens (tertiary/aromatic N) is 4. The molecule has 0 atom stereocenters. The van der Waals surface area contributed by atoms with Crippen molar-refractivity contribution >= 4 is 34.8 Å². The lowest BCUT2D eigenvalue weighted by Gasteiger charge is -2.32. The second-order valence-corrected chi connectivity index (χ2v) is 8.29. The summed E-state index contributed by atoms with van der Waals surface area (Å²) in [5.41, 5.74) is 6.41. The van der Waals surface area contributed by atoms with E-state index in [9.17, 15) is 14.9 Å². The van der Waals surface area contributed by atoms with E-state index in [1.807, 2.05) is 23.1 Å². The maximum atomic E-state index is 12.3. The number of carbonyl (C=O) groups is 1. The number of nitrogens with one attached hydrogen (secondary N) is 2. The van der Waals surface area contributed by atoms with Crippen molar-refractivity contribution < 1.29 is 9.72 Å². The van der Waals surface area contributed by atoms with Crippen LogP contribution in [0.1, 0.15) is 28.8 Å². The van der Waals surface area contributed by atoms with Gasteiger partial charge in [0.1, 0.15) is 6.33 Å². The zero-order valence-electron chi connectivity index (χ0n) is 17.8. The third-order valence-corrected chi connectivity index (χ3v) is 5.92. The van der Waals surface area contributed by atoms with Crippen LogP contribution in [-0.4, -0.2) is 33.9 Å². The van der Waals surface area contributed by atoms with Crippen LogP contribution >= 0.6 is 11.6 Å². The van der Waals surface area contributed by atoms with Crippen LogP contribution in [0.5, 0.6) is 0 Å². The van der Waals surface area contributed by atoms with Gasteiger partial charge in [0.05, 0.1) is 4.92 Å². The number of nitro groups is 1. The molecule has 0 radical (unpaired) electrons. The molecule has 1 saturated heterocycles. The van der Waals surface area contributed by atoms with Crippen LogP contribution in [0.2, 0.25) is 5.02 Å². The highest BCUT2D eigenvalue weighted by atomic mass is 35.5. The summed E-state index contributed by atoms with van der Waals surface area (Å²) < 4.78 is 0. The number of amides is 1. The molecule has 170 valence electrons. The highest BCUT2D eigenvalue weighted by Crippen LogP contribution is 2.34. The maximum Gasteiger partial charge on any atom is 0.355 e. The normalized spacial score (nSPS) is 14.0. The summed E-state index contributed by atoms with van der Waals surface area (Å²) in [6, 6.07) is 16.6. The maximum absolute atomic E-state index is 12.3. The lowest BCUT2D eigenvalue weighted by atomic mass is 9.90. The molecule has 0 unspecified atom stereocenters. The number of rotatable bonds is 7. The minimum atomic E-state index is -0.526. The minimum absolute atomic E-state index is 0.0706. The first-order chi connectivity index (χ1) is 16.0. The number of anilines is 2. The van der Waals surface area contributed by atoms with E-state index in [0.29, 0.717) is 29.6 Å². The Morgan fingerprint density at radius 1 is 1.09 bits per heavy atom. The number of hydrogen-bond acceptors (Lipinski definition) is 7. The van der Waals surface area contributed by atoms with E-state index in [1.165, 1.54) is 11.9 Å². The smallest absolute Gasteiger partial charge is 0.351 e. The molecule has 9 nitrogen and oxygen atoms in total. The van der Waals surface area contributed by atoms with Crippen molar-refractivity contribution in [2.75, 3.05) is 23.4 Å². The van der Waals surface area contributed by atoms with E-state index < -0.39 is 10.8 Å². The molecule has 2 heterocycles. The van der Waals surface area contributed by atoms with Crippen LogP contribution in [0.3, 0.4) is 0 Å². The Morgan fingerprint density at radius 2 is 1.79 bits per heavy atom. The van der Waals surface area contributed by atoms with Gasteiger partial charge in [-0.3, -0.25) is 25.8 Å². The van der Waals surface area contributed by atoms with Gasteiger partial charge in [-0.2, -0.15) is 0 Å². The standard InChI is InChI=1S/C23H23ClN6O3/c24-19-8-6-18(7-9-19)23(31)28-27-21-20(30(32)33)22(26-15-25-21)29-12-10-17(11-13-29)14-16-4-2-1-3-5-16/h1-9,15,17H,10-14H2,(H,28,31)(H,25,26,27). The third kappa shape index (κ3) is 5.56. The molecule has 4 rings (SSSR count). The molecular formula is C23H23ClN6O3. The average molecular weight is 467 g/mol. The molecule has 2 N–H and O–H groups in total. The highest BCUT2D eigenvalue weighted by molar-refractivity contribution is 6.30. The highest BCUT2D eigenvalue weighted by Gasteiger charge is 2.30. The Labute approximate surface area is 195 Å². The van der Waals surface area contributed by atoms with Crippen molar-refractivity contribution in [3.05, 3.63) is 87.2 Å². The molecule has 1 aromatic heterocycles. The fourth-order valence-electron chi connectivity index (χ4n) is 3.95. The van der Waals surface area contributed by atoms with Crippen molar-refractivity contribution in [1.29, 1.82) is 0 Å². The van der Waals surface area contributed by atoms with Crippen molar-refractivity contribution in [2.24, 2.45) is 5.92 Å². The monoisotopic (exact) mass is 466 g/mol. The molecule has 0 aliphatic carbocycles. The van der Waals surface area contributed by atoms with Crippen LogP contribution in [0, 0.1) is 16.0 Å². The number of aromatic nitrogens is 2. The predicted octanol–water partition coefficient (Wildman–Crippen LogP) is 4.25. The molecule has 3 aromatic rings. The largest absolute Gasteiger partial charge is 0.355 e. The van der Waals surface area contributed by atoms with E-state index in [0.717, 1.165) is 19.3 Å². The number of benzene rings is 2. The van der Waals surface area contributed by atoms with Gasteiger partial charge in [-0.05, 0) is 55.0 Å². The summed E-state index contributed by atoms with van der Waals surface area (Å²) in [4.78, 5) is 33.8. The fourth-order valence-corrected chi connectivity index (χ4v) is 4.07. The lowest BCUT2D eigenvalue weighted by Crippen LogP contribution is -2.36.